The highest BCUT2D eigenvalue weighted by Crippen LogP contribution is 2.15. The summed E-state index contributed by atoms with van der Waals surface area (Å²) in [7, 11) is 0. The summed E-state index contributed by atoms with van der Waals surface area (Å²) in [6.45, 7) is 3.13. The molecule has 0 aliphatic carbocycles. The Morgan fingerprint density at radius 2 is 1.82 bits per heavy atom. The average Bonchev–Trinajstić information content (AvgIpc) is 3.19. The number of anilines is 1. The van der Waals surface area contributed by atoms with E-state index in [1.54, 1.807) is 6.20 Å². The molecule has 0 saturated carbocycles. The maximum Gasteiger partial charge on any atom is 0.272 e. The van der Waals surface area contributed by atoms with Gasteiger partial charge in [-0.3, -0.25) is 14.7 Å². The van der Waals surface area contributed by atoms with E-state index >= 15 is 0 Å². The highest BCUT2D eigenvalue weighted by molar-refractivity contribution is 6.04. The predicted molar refractivity (Wildman–Crippen MR) is 106 cm³/mol. The molecule has 1 saturated heterocycles. The zero-order valence-electron chi connectivity index (χ0n) is 15.5. The minimum atomic E-state index is -0.273. The highest BCUT2D eigenvalue weighted by atomic mass is 16.2. The lowest BCUT2D eigenvalue weighted by atomic mass is 10.2. The lowest BCUT2D eigenvalue weighted by Gasteiger charge is -2.35. The number of hydrogen-bond acceptors (Lipinski definition) is 5. The van der Waals surface area contributed by atoms with E-state index in [-0.39, 0.29) is 18.2 Å². The fourth-order valence-corrected chi connectivity index (χ4v) is 3.39. The topological polar surface area (TPSA) is 94.2 Å². The number of carbonyl (C=O) groups excluding carboxylic acids is 2. The number of aromatic nitrogens is 3. The van der Waals surface area contributed by atoms with Crippen molar-refractivity contribution in [1.82, 2.24) is 25.4 Å². The number of benzene rings is 1. The molecule has 2 amide bonds. The van der Waals surface area contributed by atoms with E-state index < -0.39 is 0 Å². The fourth-order valence-electron chi connectivity index (χ4n) is 3.39. The van der Waals surface area contributed by atoms with Gasteiger partial charge < -0.3 is 15.1 Å². The molecule has 2 N–H and O–H groups in total. The first-order valence-corrected chi connectivity index (χ1v) is 9.37. The molecule has 1 fully saturated rings. The van der Waals surface area contributed by atoms with Gasteiger partial charge in [0.2, 0.25) is 5.91 Å². The molecular formula is C20H22N6O2. The third-order valence-corrected chi connectivity index (χ3v) is 4.92. The van der Waals surface area contributed by atoms with E-state index in [2.05, 4.69) is 25.4 Å². The van der Waals surface area contributed by atoms with Crippen LogP contribution in [0.3, 0.4) is 0 Å². The Balaban J connectivity index is 1.24. The first kappa shape index (κ1) is 18.0. The lowest BCUT2D eigenvalue weighted by Crippen LogP contribution is -2.49. The molecule has 2 aromatic heterocycles. The maximum absolute atomic E-state index is 12.4. The second-order valence-corrected chi connectivity index (χ2v) is 6.68. The van der Waals surface area contributed by atoms with Crippen LogP contribution in [0.2, 0.25) is 0 Å². The molecule has 8 heteroatoms. The number of carbonyl (C=O) groups is 2. The van der Waals surface area contributed by atoms with Crippen molar-refractivity contribution in [1.29, 1.82) is 0 Å². The van der Waals surface area contributed by atoms with Crippen LogP contribution < -0.4 is 10.2 Å². The fraction of sp³-hybridized carbons (Fsp3) is 0.300. The molecule has 0 bridgehead atoms. The number of para-hydroxylation sites is 1. The van der Waals surface area contributed by atoms with Crippen LogP contribution in [0.1, 0.15) is 16.9 Å². The van der Waals surface area contributed by atoms with Crippen molar-refractivity contribution in [3.05, 3.63) is 54.4 Å². The smallest absolute Gasteiger partial charge is 0.272 e. The van der Waals surface area contributed by atoms with Crippen LogP contribution in [0.25, 0.3) is 10.9 Å². The zero-order chi connectivity index (χ0) is 19.3. The van der Waals surface area contributed by atoms with Crippen LogP contribution in [-0.4, -0.2) is 64.6 Å². The van der Waals surface area contributed by atoms with Crippen LogP contribution in [0, 0.1) is 0 Å². The van der Waals surface area contributed by atoms with Gasteiger partial charge in [-0.25, -0.2) is 4.98 Å². The van der Waals surface area contributed by atoms with Crippen molar-refractivity contribution < 1.29 is 9.59 Å². The summed E-state index contributed by atoms with van der Waals surface area (Å²) >= 11 is 0. The molecule has 1 aliphatic rings. The van der Waals surface area contributed by atoms with Crippen LogP contribution in [-0.2, 0) is 4.79 Å². The molecule has 0 spiro atoms. The number of rotatable bonds is 5. The molecule has 3 aromatic rings. The quantitative estimate of drug-likeness (QED) is 0.700. The van der Waals surface area contributed by atoms with Crippen molar-refractivity contribution in [2.45, 2.75) is 6.42 Å². The number of pyridine rings is 1. The van der Waals surface area contributed by atoms with E-state index in [0.29, 0.717) is 25.3 Å². The predicted octanol–water partition coefficient (Wildman–Crippen LogP) is 1.43. The molecule has 4 rings (SSSR count). The van der Waals surface area contributed by atoms with Crippen molar-refractivity contribution in [2.75, 3.05) is 37.6 Å². The number of nitrogens with zero attached hydrogens (tertiary/aromatic N) is 4. The molecule has 3 heterocycles. The Morgan fingerprint density at radius 3 is 2.61 bits per heavy atom. The standard InChI is InChI=1S/C20H22N6O2/c27-18(26-13-11-25(12-14-26)17-7-3-4-9-21-17)8-10-22-20(28)19-15-5-1-2-6-16(15)23-24-19/h1-7,9H,8,10-14H2,(H,22,28)(H,23,24). The van der Waals surface area contributed by atoms with Gasteiger partial charge in [-0.2, -0.15) is 5.10 Å². The zero-order valence-corrected chi connectivity index (χ0v) is 15.5. The van der Waals surface area contributed by atoms with Gasteiger partial charge in [0, 0.05) is 50.7 Å². The third kappa shape index (κ3) is 3.80. The SMILES string of the molecule is O=C(NCCC(=O)N1CCN(c2ccccn2)CC1)c1n[nH]c2ccccc12. The van der Waals surface area contributed by atoms with Crippen LogP contribution >= 0.6 is 0 Å². The Kier molecular flexibility index (Phi) is 5.18. The maximum atomic E-state index is 12.4. The van der Waals surface area contributed by atoms with Crippen LogP contribution in [0.4, 0.5) is 5.82 Å². The minimum absolute atomic E-state index is 0.0489. The highest BCUT2D eigenvalue weighted by Gasteiger charge is 2.22. The number of nitrogens with one attached hydrogen (secondary N) is 2. The third-order valence-electron chi connectivity index (χ3n) is 4.92. The van der Waals surface area contributed by atoms with E-state index in [1.165, 1.54) is 0 Å². The van der Waals surface area contributed by atoms with Crippen molar-refractivity contribution in [3.8, 4) is 0 Å². The van der Waals surface area contributed by atoms with E-state index in [0.717, 1.165) is 29.8 Å². The van der Waals surface area contributed by atoms with Gasteiger partial charge in [0.15, 0.2) is 5.69 Å². The molecule has 8 nitrogen and oxygen atoms in total. The van der Waals surface area contributed by atoms with E-state index in [4.69, 9.17) is 0 Å². The summed E-state index contributed by atoms with van der Waals surface area (Å²) in [6, 6.07) is 13.3. The van der Waals surface area contributed by atoms with Crippen molar-refractivity contribution in [2.24, 2.45) is 0 Å². The van der Waals surface area contributed by atoms with Gasteiger partial charge in [0.1, 0.15) is 5.82 Å². The number of fused-ring (bicyclic) bond motifs is 1. The van der Waals surface area contributed by atoms with Crippen LogP contribution in [0.5, 0.6) is 0 Å². The summed E-state index contributed by atoms with van der Waals surface area (Å²) in [4.78, 5) is 33.2. The molecule has 28 heavy (non-hydrogen) atoms. The molecule has 0 radical (unpaired) electrons. The van der Waals surface area contributed by atoms with Gasteiger partial charge in [-0.1, -0.05) is 24.3 Å². The number of hydrogen-bond donors (Lipinski definition) is 2. The Morgan fingerprint density at radius 1 is 1.04 bits per heavy atom. The Bertz CT molecular complexity index is 963. The number of aromatic amines is 1. The van der Waals surface area contributed by atoms with E-state index in [9.17, 15) is 9.59 Å². The average molecular weight is 378 g/mol. The molecule has 0 atom stereocenters. The number of amides is 2. The summed E-state index contributed by atoms with van der Waals surface area (Å²) in [6.07, 6.45) is 2.05. The Hall–Kier alpha value is -3.42. The monoisotopic (exact) mass is 378 g/mol. The molecule has 144 valence electrons. The van der Waals surface area contributed by atoms with Gasteiger partial charge in [0.25, 0.3) is 5.91 Å². The normalized spacial score (nSPS) is 14.3. The molecule has 1 aromatic carbocycles. The largest absolute Gasteiger partial charge is 0.353 e. The summed E-state index contributed by atoms with van der Waals surface area (Å²) < 4.78 is 0. The minimum Gasteiger partial charge on any atom is -0.353 e. The first-order chi connectivity index (χ1) is 13.7. The first-order valence-electron chi connectivity index (χ1n) is 9.37. The van der Waals surface area contributed by atoms with Crippen LogP contribution in [0.15, 0.2) is 48.7 Å². The summed E-state index contributed by atoms with van der Waals surface area (Å²) in [5.74, 6) is 0.714. The van der Waals surface area contributed by atoms with Gasteiger partial charge in [-0.05, 0) is 18.2 Å². The lowest BCUT2D eigenvalue weighted by molar-refractivity contribution is -0.131. The second kappa shape index (κ2) is 8.08. The molecule has 1 aliphatic heterocycles. The summed E-state index contributed by atoms with van der Waals surface area (Å²) in [5.41, 5.74) is 1.17. The Labute approximate surface area is 162 Å². The second-order valence-electron chi connectivity index (χ2n) is 6.68. The van der Waals surface area contributed by atoms with Gasteiger partial charge in [0.05, 0.1) is 5.52 Å². The number of piperazine rings is 1. The molecular weight excluding hydrogens is 356 g/mol. The summed E-state index contributed by atoms with van der Waals surface area (Å²) in [5, 5.41) is 10.5. The van der Waals surface area contributed by atoms with Crippen molar-refractivity contribution in [3.63, 3.8) is 0 Å². The van der Waals surface area contributed by atoms with Gasteiger partial charge >= 0.3 is 0 Å². The van der Waals surface area contributed by atoms with Crippen molar-refractivity contribution >= 4 is 28.5 Å². The van der Waals surface area contributed by atoms with E-state index in [1.807, 2.05) is 47.4 Å². The molecule has 0 unspecified atom stereocenters. The van der Waals surface area contributed by atoms with Gasteiger partial charge in [-0.15, -0.1) is 0 Å². The number of H-pyrrole nitrogens is 1.